The number of carboxylic acids is 1. The first kappa shape index (κ1) is 18.3. The lowest BCUT2D eigenvalue weighted by Crippen LogP contribution is -2.15. The Labute approximate surface area is 157 Å². The zero-order chi connectivity index (χ0) is 18.8. The molecule has 0 saturated heterocycles. The van der Waals surface area contributed by atoms with Gasteiger partial charge in [-0.05, 0) is 25.5 Å². The van der Waals surface area contributed by atoms with E-state index in [1.54, 1.807) is 24.5 Å². The van der Waals surface area contributed by atoms with Gasteiger partial charge in [0.2, 0.25) is 0 Å². The number of aryl methyl sites for hydroxylation is 2. The van der Waals surface area contributed by atoms with E-state index in [0.717, 1.165) is 16.9 Å². The van der Waals surface area contributed by atoms with Crippen LogP contribution in [0.3, 0.4) is 0 Å². The molecule has 0 fully saturated rings. The molecule has 0 amide bonds. The van der Waals surface area contributed by atoms with Crippen LogP contribution in [0, 0.1) is 6.92 Å². The number of ether oxygens (including phenoxy) is 1. The van der Waals surface area contributed by atoms with Crippen LogP contribution in [0.15, 0.2) is 29.3 Å². The summed E-state index contributed by atoms with van der Waals surface area (Å²) in [5.74, 6) is -0.0179. The Balaban J connectivity index is 1.90. The van der Waals surface area contributed by atoms with Crippen LogP contribution < -0.4 is 9.61 Å². The topological polar surface area (TPSA) is 94.3 Å². The van der Waals surface area contributed by atoms with E-state index >= 15 is 0 Å². The highest BCUT2D eigenvalue weighted by molar-refractivity contribution is 7.16. The maximum Gasteiger partial charge on any atom is 0.308 e. The summed E-state index contributed by atoms with van der Waals surface area (Å²) in [5.41, 5.74) is 1.55. The first-order chi connectivity index (χ1) is 12.3. The monoisotopic (exact) mass is 393 g/mol. The van der Waals surface area contributed by atoms with Crippen molar-refractivity contribution in [2.75, 3.05) is 0 Å². The van der Waals surface area contributed by atoms with Gasteiger partial charge in [-0.1, -0.05) is 22.9 Å². The minimum Gasteiger partial charge on any atom is -0.481 e. The number of benzene rings is 1. The third-order valence-corrected chi connectivity index (χ3v) is 4.98. The zero-order valence-electron chi connectivity index (χ0n) is 14.1. The lowest BCUT2D eigenvalue weighted by molar-refractivity contribution is -0.137. The number of thiazole rings is 1. The Morgan fingerprint density at radius 2 is 2.08 bits per heavy atom. The van der Waals surface area contributed by atoms with Crippen molar-refractivity contribution in [2.45, 2.75) is 32.9 Å². The molecule has 2 heterocycles. The molecular formula is C17H16ClN3O4S. The molecule has 0 radical (unpaired) electrons. The van der Waals surface area contributed by atoms with Crippen LogP contribution in [-0.2, 0) is 11.3 Å². The number of fused-ring (bicyclic) bond motifs is 1. The number of halogens is 1. The van der Waals surface area contributed by atoms with E-state index in [1.807, 2.05) is 13.8 Å². The maximum absolute atomic E-state index is 12.1. The van der Waals surface area contributed by atoms with E-state index in [-0.39, 0.29) is 17.8 Å². The van der Waals surface area contributed by atoms with Gasteiger partial charge in [0.05, 0.1) is 21.7 Å². The molecular weight excluding hydrogens is 378 g/mol. The number of nitrogens with zero attached hydrogens (tertiary/aromatic N) is 3. The fourth-order valence-corrected chi connectivity index (χ4v) is 3.56. The van der Waals surface area contributed by atoms with Gasteiger partial charge in [-0.15, -0.1) is 0 Å². The number of hydrogen-bond donors (Lipinski definition) is 1. The van der Waals surface area contributed by atoms with Gasteiger partial charge in [0.1, 0.15) is 5.75 Å². The number of carboxylic acid groups (broad SMARTS) is 1. The molecule has 1 aromatic carbocycles. The van der Waals surface area contributed by atoms with Crippen molar-refractivity contribution in [1.82, 2.24) is 14.5 Å². The second-order valence-corrected chi connectivity index (χ2v) is 7.19. The van der Waals surface area contributed by atoms with Crippen LogP contribution in [0.1, 0.15) is 30.8 Å². The smallest absolute Gasteiger partial charge is 0.308 e. The van der Waals surface area contributed by atoms with Crippen molar-refractivity contribution in [3.63, 3.8) is 0 Å². The Morgan fingerprint density at radius 1 is 1.38 bits per heavy atom. The van der Waals surface area contributed by atoms with Gasteiger partial charge >= 0.3 is 10.8 Å². The van der Waals surface area contributed by atoms with Crippen molar-refractivity contribution < 1.29 is 14.6 Å². The molecule has 0 unspecified atom stereocenters. The normalized spacial score (nSPS) is 12.3. The standard InChI is InChI=1S/C17H16ClN3O4S/c1-9-7-19-16(20-8-9)10(2)25-13-6-14-12(5-11(13)18)21(17(24)26-14)4-3-15(22)23/h5-8,10H,3-4H2,1-2H3,(H,22,23)/t10-/m1/s1. The first-order valence-corrected chi connectivity index (χ1v) is 9.04. The quantitative estimate of drug-likeness (QED) is 0.689. The van der Waals surface area contributed by atoms with Crippen LogP contribution >= 0.6 is 22.9 Å². The van der Waals surface area contributed by atoms with E-state index in [4.69, 9.17) is 21.4 Å². The van der Waals surface area contributed by atoms with E-state index in [1.165, 1.54) is 4.57 Å². The van der Waals surface area contributed by atoms with Crippen molar-refractivity contribution in [2.24, 2.45) is 0 Å². The van der Waals surface area contributed by atoms with Crippen LogP contribution in [0.5, 0.6) is 5.75 Å². The fourth-order valence-electron chi connectivity index (χ4n) is 2.43. The number of hydrogen-bond acceptors (Lipinski definition) is 6. The Bertz CT molecular complexity index is 1010. The van der Waals surface area contributed by atoms with Crippen molar-refractivity contribution in [3.05, 3.63) is 50.6 Å². The summed E-state index contributed by atoms with van der Waals surface area (Å²) in [4.78, 5) is 31.2. The van der Waals surface area contributed by atoms with Crippen molar-refractivity contribution >= 4 is 39.1 Å². The average Bonchev–Trinajstić information content (AvgIpc) is 2.88. The molecule has 1 atom stereocenters. The van der Waals surface area contributed by atoms with Crippen LogP contribution in [0.2, 0.25) is 5.02 Å². The van der Waals surface area contributed by atoms with E-state index in [9.17, 15) is 9.59 Å². The third-order valence-electron chi connectivity index (χ3n) is 3.74. The molecule has 0 spiro atoms. The third kappa shape index (κ3) is 3.86. The predicted molar refractivity (Wildman–Crippen MR) is 99.2 cm³/mol. The van der Waals surface area contributed by atoms with Crippen LogP contribution in [0.25, 0.3) is 10.2 Å². The summed E-state index contributed by atoms with van der Waals surface area (Å²) in [6.45, 7) is 3.81. The molecule has 2 aromatic heterocycles. The molecule has 0 aliphatic carbocycles. The summed E-state index contributed by atoms with van der Waals surface area (Å²) >= 11 is 7.33. The molecule has 0 aliphatic rings. The summed E-state index contributed by atoms with van der Waals surface area (Å²) < 4.78 is 7.96. The van der Waals surface area contributed by atoms with Crippen LogP contribution in [0.4, 0.5) is 0 Å². The van der Waals surface area contributed by atoms with Crippen molar-refractivity contribution in [3.8, 4) is 5.75 Å². The molecule has 0 saturated carbocycles. The summed E-state index contributed by atoms with van der Waals surface area (Å²) in [5, 5.41) is 9.16. The highest BCUT2D eigenvalue weighted by Crippen LogP contribution is 2.34. The van der Waals surface area contributed by atoms with Gasteiger partial charge in [-0.25, -0.2) is 9.97 Å². The number of aliphatic carboxylic acids is 1. The fraction of sp³-hybridized carbons (Fsp3) is 0.294. The van der Waals surface area contributed by atoms with E-state index in [0.29, 0.717) is 26.8 Å². The summed E-state index contributed by atoms with van der Waals surface area (Å²) in [6.07, 6.45) is 2.86. The second kappa shape index (κ2) is 7.43. The first-order valence-electron chi connectivity index (χ1n) is 7.85. The van der Waals surface area contributed by atoms with E-state index < -0.39 is 12.1 Å². The lowest BCUT2D eigenvalue weighted by Gasteiger charge is -2.15. The molecule has 0 aliphatic heterocycles. The predicted octanol–water partition coefficient (Wildman–Crippen LogP) is 3.43. The van der Waals surface area contributed by atoms with E-state index in [2.05, 4.69) is 9.97 Å². The van der Waals surface area contributed by atoms with Gasteiger partial charge in [0, 0.05) is 25.0 Å². The molecule has 136 valence electrons. The average molecular weight is 394 g/mol. The summed E-state index contributed by atoms with van der Waals surface area (Å²) in [6, 6.07) is 3.31. The largest absolute Gasteiger partial charge is 0.481 e. The molecule has 3 aromatic rings. The van der Waals surface area contributed by atoms with Crippen molar-refractivity contribution in [1.29, 1.82) is 0 Å². The van der Waals surface area contributed by atoms with Gasteiger partial charge in [0.15, 0.2) is 11.9 Å². The SMILES string of the molecule is Cc1cnc([C@@H](C)Oc2cc3sc(=O)n(CCC(=O)O)c3cc2Cl)nc1. The van der Waals surface area contributed by atoms with Gasteiger partial charge in [-0.3, -0.25) is 14.2 Å². The van der Waals surface area contributed by atoms with Gasteiger partial charge < -0.3 is 9.84 Å². The Morgan fingerprint density at radius 3 is 2.73 bits per heavy atom. The molecule has 0 bridgehead atoms. The minimum atomic E-state index is -0.964. The number of rotatable bonds is 6. The Kier molecular flexibility index (Phi) is 5.24. The molecule has 1 N–H and O–H groups in total. The maximum atomic E-state index is 12.1. The van der Waals surface area contributed by atoms with Gasteiger partial charge in [-0.2, -0.15) is 0 Å². The van der Waals surface area contributed by atoms with Gasteiger partial charge in [0.25, 0.3) is 0 Å². The summed E-state index contributed by atoms with van der Waals surface area (Å²) in [7, 11) is 0. The minimum absolute atomic E-state index is 0.0955. The van der Waals surface area contributed by atoms with Crippen LogP contribution in [-0.4, -0.2) is 25.6 Å². The second-order valence-electron chi connectivity index (χ2n) is 5.79. The highest BCUT2D eigenvalue weighted by Gasteiger charge is 2.16. The molecule has 7 nitrogen and oxygen atoms in total. The highest BCUT2D eigenvalue weighted by atomic mass is 35.5. The number of carbonyl (C=O) groups is 1. The molecule has 26 heavy (non-hydrogen) atoms. The Hall–Kier alpha value is -2.45. The molecule has 9 heteroatoms. The molecule has 3 rings (SSSR count). The zero-order valence-corrected chi connectivity index (χ0v) is 15.7. The number of aromatic nitrogens is 3. The lowest BCUT2D eigenvalue weighted by atomic mass is 10.3.